The molecular weight excluding hydrogens is 365 g/mol. The zero-order chi connectivity index (χ0) is 20.3. The number of methoxy groups -OCH3 is 2. The van der Waals surface area contributed by atoms with Crippen molar-refractivity contribution < 1.29 is 23.5 Å². The van der Waals surface area contributed by atoms with Crippen molar-refractivity contribution in [2.45, 2.75) is 12.8 Å². The largest absolute Gasteiger partial charge is 0.493 e. The first-order valence-corrected chi connectivity index (χ1v) is 8.82. The molecule has 8 heteroatoms. The van der Waals surface area contributed by atoms with Gasteiger partial charge in [0.1, 0.15) is 5.82 Å². The van der Waals surface area contributed by atoms with E-state index in [1.807, 2.05) is 12.1 Å². The lowest BCUT2D eigenvalue weighted by molar-refractivity contribution is 0.0996. The van der Waals surface area contributed by atoms with E-state index in [1.165, 1.54) is 12.1 Å². The third kappa shape index (κ3) is 4.00. The van der Waals surface area contributed by atoms with E-state index in [-0.39, 0.29) is 17.3 Å². The number of hydrogen-bond donors (Lipinski definition) is 2. The van der Waals surface area contributed by atoms with Gasteiger partial charge in [-0.1, -0.05) is 0 Å². The molecule has 7 nitrogen and oxygen atoms in total. The van der Waals surface area contributed by atoms with Crippen LogP contribution in [0.3, 0.4) is 0 Å². The maximum atomic E-state index is 13.9. The van der Waals surface area contributed by atoms with Crippen LogP contribution in [-0.4, -0.2) is 44.1 Å². The van der Waals surface area contributed by atoms with Crippen molar-refractivity contribution in [2.24, 2.45) is 5.73 Å². The highest BCUT2D eigenvalue weighted by Gasteiger charge is 2.21. The highest BCUT2D eigenvalue weighted by Crippen LogP contribution is 2.32. The second kappa shape index (κ2) is 8.16. The predicted molar refractivity (Wildman–Crippen MR) is 102 cm³/mol. The van der Waals surface area contributed by atoms with E-state index in [4.69, 9.17) is 15.2 Å². The van der Waals surface area contributed by atoms with Gasteiger partial charge in [0.25, 0.3) is 5.91 Å². The third-order valence-electron chi connectivity index (χ3n) is 4.78. The van der Waals surface area contributed by atoms with Gasteiger partial charge in [0.2, 0.25) is 0 Å². The van der Waals surface area contributed by atoms with Crippen molar-refractivity contribution in [1.82, 2.24) is 4.90 Å². The minimum Gasteiger partial charge on any atom is -0.493 e. The fraction of sp³-hybridized carbons (Fsp3) is 0.300. The summed E-state index contributed by atoms with van der Waals surface area (Å²) in [6.07, 6.45) is 1.33. The number of amides is 3. The number of nitrogens with one attached hydrogen (secondary N) is 1. The number of fused-ring (bicyclic) bond motifs is 1. The Morgan fingerprint density at radius 2 is 1.61 bits per heavy atom. The standard InChI is InChI=1S/C20H22FN3O4/c1-27-17-9-12-5-7-24(8-6-13(12)10-18(17)28-2)20(26)23-14-3-4-15(19(22)25)16(21)11-14/h3-4,9-11H,5-8H2,1-2H3,(H2,22,25)(H,23,26). The molecule has 0 unspecified atom stereocenters. The molecule has 0 fully saturated rings. The first-order chi connectivity index (χ1) is 13.4. The lowest BCUT2D eigenvalue weighted by Crippen LogP contribution is -2.36. The van der Waals surface area contributed by atoms with E-state index < -0.39 is 11.7 Å². The molecule has 2 aromatic rings. The van der Waals surface area contributed by atoms with Gasteiger partial charge in [-0.05, 0) is 54.3 Å². The minimum absolute atomic E-state index is 0.217. The fourth-order valence-electron chi connectivity index (χ4n) is 3.25. The van der Waals surface area contributed by atoms with Gasteiger partial charge in [-0.3, -0.25) is 4.79 Å². The third-order valence-corrected chi connectivity index (χ3v) is 4.78. The number of benzene rings is 2. The van der Waals surface area contributed by atoms with Gasteiger partial charge in [0, 0.05) is 18.8 Å². The summed E-state index contributed by atoms with van der Waals surface area (Å²) < 4.78 is 24.6. The topological polar surface area (TPSA) is 93.9 Å². The van der Waals surface area contributed by atoms with Crippen LogP contribution in [0.25, 0.3) is 0 Å². The number of carbonyl (C=O) groups excluding carboxylic acids is 2. The molecule has 0 aromatic heterocycles. The van der Waals surface area contributed by atoms with Crippen LogP contribution in [-0.2, 0) is 12.8 Å². The molecule has 0 bridgehead atoms. The number of ether oxygens (including phenoxy) is 2. The van der Waals surface area contributed by atoms with Crippen LogP contribution in [0.5, 0.6) is 11.5 Å². The number of halogens is 1. The van der Waals surface area contributed by atoms with Crippen LogP contribution in [0.15, 0.2) is 30.3 Å². The lowest BCUT2D eigenvalue weighted by Gasteiger charge is -2.21. The van der Waals surface area contributed by atoms with E-state index in [9.17, 15) is 14.0 Å². The number of urea groups is 1. The Balaban J connectivity index is 1.71. The van der Waals surface area contributed by atoms with Crippen LogP contribution in [0.2, 0.25) is 0 Å². The number of hydrogen-bond acceptors (Lipinski definition) is 4. The second-order valence-electron chi connectivity index (χ2n) is 6.45. The summed E-state index contributed by atoms with van der Waals surface area (Å²) >= 11 is 0. The molecule has 0 radical (unpaired) electrons. The van der Waals surface area contributed by atoms with Crippen LogP contribution in [0.4, 0.5) is 14.9 Å². The SMILES string of the molecule is COc1cc2c(cc1OC)CCN(C(=O)Nc1ccc(C(N)=O)c(F)c1)CC2. The van der Waals surface area contributed by atoms with Gasteiger partial charge in [0.15, 0.2) is 11.5 Å². The summed E-state index contributed by atoms with van der Waals surface area (Å²) in [6.45, 7) is 1.02. The first kappa shape index (κ1) is 19.5. The summed E-state index contributed by atoms with van der Waals surface area (Å²) in [4.78, 5) is 25.4. The highest BCUT2D eigenvalue weighted by molar-refractivity contribution is 5.94. The number of primary amides is 1. The summed E-state index contributed by atoms with van der Waals surface area (Å²) in [6, 6.07) is 7.33. The average molecular weight is 387 g/mol. The molecule has 3 rings (SSSR count). The van der Waals surface area contributed by atoms with E-state index in [0.717, 1.165) is 17.2 Å². The van der Waals surface area contributed by atoms with E-state index >= 15 is 0 Å². The van der Waals surface area contributed by atoms with Gasteiger partial charge in [-0.25, -0.2) is 9.18 Å². The van der Waals surface area contributed by atoms with Crippen molar-refractivity contribution >= 4 is 17.6 Å². The van der Waals surface area contributed by atoms with Crippen molar-refractivity contribution in [3.8, 4) is 11.5 Å². The molecule has 1 heterocycles. The molecule has 1 aliphatic heterocycles. The maximum Gasteiger partial charge on any atom is 0.321 e. The normalized spacial score (nSPS) is 13.3. The molecule has 3 N–H and O–H groups in total. The molecule has 148 valence electrons. The van der Waals surface area contributed by atoms with Crippen LogP contribution >= 0.6 is 0 Å². The summed E-state index contributed by atoms with van der Waals surface area (Å²) in [5.41, 5.74) is 7.34. The van der Waals surface area contributed by atoms with Gasteiger partial charge in [-0.15, -0.1) is 0 Å². The monoisotopic (exact) mass is 387 g/mol. The van der Waals surface area contributed by atoms with E-state index in [1.54, 1.807) is 19.1 Å². The molecule has 0 saturated heterocycles. The van der Waals surface area contributed by atoms with Crippen LogP contribution in [0, 0.1) is 5.82 Å². The zero-order valence-corrected chi connectivity index (χ0v) is 15.8. The smallest absolute Gasteiger partial charge is 0.321 e. The van der Waals surface area contributed by atoms with Crippen molar-refractivity contribution in [3.63, 3.8) is 0 Å². The quantitative estimate of drug-likeness (QED) is 0.843. The molecular formula is C20H22FN3O4. The fourth-order valence-corrected chi connectivity index (χ4v) is 3.25. The van der Waals surface area contributed by atoms with Crippen molar-refractivity contribution in [3.05, 3.63) is 52.8 Å². The number of rotatable bonds is 4. The lowest BCUT2D eigenvalue weighted by atomic mass is 10.0. The van der Waals surface area contributed by atoms with Crippen molar-refractivity contribution in [2.75, 3.05) is 32.6 Å². The Labute approximate surface area is 162 Å². The van der Waals surface area contributed by atoms with E-state index in [2.05, 4.69) is 5.32 Å². The number of nitrogens with two attached hydrogens (primary N) is 1. The maximum absolute atomic E-state index is 13.9. The summed E-state index contributed by atoms with van der Waals surface area (Å²) in [7, 11) is 3.17. The van der Waals surface area contributed by atoms with Gasteiger partial charge in [-0.2, -0.15) is 0 Å². The summed E-state index contributed by atoms with van der Waals surface area (Å²) in [5.74, 6) is -0.312. The van der Waals surface area contributed by atoms with Gasteiger partial charge >= 0.3 is 6.03 Å². The second-order valence-corrected chi connectivity index (χ2v) is 6.45. The molecule has 0 atom stereocenters. The Kier molecular flexibility index (Phi) is 5.67. The Bertz CT molecular complexity index is 882. The molecule has 2 aromatic carbocycles. The predicted octanol–water partition coefficient (Wildman–Crippen LogP) is 2.57. The molecule has 1 aliphatic rings. The zero-order valence-electron chi connectivity index (χ0n) is 15.8. The van der Waals surface area contributed by atoms with Gasteiger partial charge < -0.3 is 25.4 Å². The first-order valence-electron chi connectivity index (χ1n) is 8.82. The molecule has 0 saturated carbocycles. The van der Waals surface area contributed by atoms with Crippen molar-refractivity contribution in [1.29, 1.82) is 0 Å². The minimum atomic E-state index is -0.855. The van der Waals surface area contributed by atoms with Crippen LogP contribution < -0.4 is 20.5 Å². The Morgan fingerprint density at radius 3 is 2.07 bits per heavy atom. The number of carbonyl (C=O) groups is 2. The Hall–Kier alpha value is -3.29. The van der Waals surface area contributed by atoms with Crippen LogP contribution in [0.1, 0.15) is 21.5 Å². The average Bonchev–Trinajstić information content (AvgIpc) is 2.88. The number of anilines is 1. The highest BCUT2D eigenvalue weighted by atomic mass is 19.1. The molecule has 0 aliphatic carbocycles. The molecule has 3 amide bonds. The molecule has 28 heavy (non-hydrogen) atoms. The number of nitrogens with zero attached hydrogens (tertiary/aromatic N) is 1. The summed E-state index contributed by atoms with van der Waals surface area (Å²) in [5, 5.41) is 2.66. The molecule has 0 spiro atoms. The Morgan fingerprint density at radius 1 is 1.04 bits per heavy atom. The van der Waals surface area contributed by atoms with Gasteiger partial charge in [0.05, 0.1) is 19.8 Å². The van der Waals surface area contributed by atoms with E-state index in [0.29, 0.717) is 37.4 Å².